The van der Waals surface area contributed by atoms with E-state index in [1.807, 2.05) is 11.3 Å². The molecule has 266 valence electrons. The maximum Gasteiger partial charge on any atom is 0.0775 e. The zero-order chi connectivity index (χ0) is 37.5. The summed E-state index contributed by atoms with van der Waals surface area (Å²) in [4.78, 5) is 2.42. The van der Waals surface area contributed by atoms with Crippen LogP contribution in [0.3, 0.4) is 0 Å². The van der Waals surface area contributed by atoms with Gasteiger partial charge in [-0.2, -0.15) is 0 Å². The first-order chi connectivity index (χ1) is 26.6. The monoisotopic (exact) mass is 741 g/mol. The van der Waals surface area contributed by atoms with Crippen molar-refractivity contribution in [2.45, 2.75) is 38.9 Å². The highest BCUT2D eigenvalue weighted by atomic mass is 32.1. The molecule has 10 rings (SSSR count). The Bertz CT molecular complexity index is 2910. The van der Waals surface area contributed by atoms with E-state index in [2.05, 4.69) is 208 Å². The van der Waals surface area contributed by atoms with E-state index in [-0.39, 0.29) is 5.41 Å². The van der Waals surface area contributed by atoms with Crippen molar-refractivity contribution in [1.82, 2.24) is 0 Å². The molecular formula is C52H43NSSi. The lowest BCUT2D eigenvalue weighted by Crippen LogP contribution is -2.37. The summed E-state index contributed by atoms with van der Waals surface area (Å²) in [6, 6.07) is 63.6. The minimum atomic E-state index is -1.36. The summed E-state index contributed by atoms with van der Waals surface area (Å²) >= 11 is 1.92. The SMILES string of the molecule is CC1(C)c2ccccc2-c2cc(N(c3ccc(-c4ccc([Si](C)(C)C)cc4)cc3)c3ccc(-c4cccc5c4sc4c6ccccc6ccc54)cc3)ccc21. The Kier molecular flexibility index (Phi) is 7.78. The van der Waals surface area contributed by atoms with E-state index >= 15 is 0 Å². The summed E-state index contributed by atoms with van der Waals surface area (Å²) < 4.78 is 2.70. The van der Waals surface area contributed by atoms with Crippen molar-refractivity contribution in [3.63, 3.8) is 0 Å². The smallest absolute Gasteiger partial charge is 0.0775 e. The molecule has 8 aromatic carbocycles. The van der Waals surface area contributed by atoms with E-state index in [1.165, 1.54) is 80.6 Å². The summed E-state index contributed by atoms with van der Waals surface area (Å²) in [5.41, 5.74) is 13.8. The van der Waals surface area contributed by atoms with Crippen LogP contribution in [0, 0.1) is 0 Å². The van der Waals surface area contributed by atoms with Gasteiger partial charge in [0.05, 0.1) is 8.07 Å². The molecule has 0 spiro atoms. The Morgan fingerprint density at radius 1 is 0.436 bits per heavy atom. The van der Waals surface area contributed by atoms with Crippen LogP contribution in [0.2, 0.25) is 19.6 Å². The molecule has 0 radical (unpaired) electrons. The first-order valence-electron chi connectivity index (χ1n) is 19.3. The molecule has 0 amide bonds. The number of hydrogen-bond donors (Lipinski definition) is 0. The predicted octanol–water partition coefficient (Wildman–Crippen LogP) is 14.9. The molecule has 1 heterocycles. The fourth-order valence-electron chi connectivity index (χ4n) is 8.80. The van der Waals surface area contributed by atoms with Crippen molar-refractivity contribution in [1.29, 1.82) is 0 Å². The summed E-state index contributed by atoms with van der Waals surface area (Å²) in [7, 11) is -1.36. The molecule has 0 unspecified atom stereocenters. The molecule has 0 fully saturated rings. The Morgan fingerprint density at radius 3 is 1.73 bits per heavy atom. The highest BCUT2D eigenvalue weighted by molar-refractivity contribution is 7.27. The molecule has 1 aromatic heterocycles. The zero-order valence-electron chi connectivity index (χ0n) is 32.0. The van der Waals surface area contributed by atoms with Crippen molar-refractivity contribution in [3.8, 4) is 33.4 Å². The van der Waals surface area contributed by atoms with Gasteiger partial charge >= 0.3 is 0 Å². The fraction of sp³-hybridized carbons (Fsp3) is 0.115. The van der Waals surface area contributed by atoms with Crippen LogP contribution in [-0.4, -0.2) is 8.07 Å². The standard InChI is InChI=1S/C52H43NSSi/c1-52(2)48-16-9-8-13-44(48)47-33-40(28-32-49(47)52)53(38-24-17-34(18-25-38)35-21-29-41(30-22-35)55(3,4)5)39-26-19-37(20-27-39)43-14-10-15-45-46-31-23-36-11-6-7-12-42(36)51(46)54-50(43)45/h6-33H,1-5H3. The molecule has 0 aliphatic heterocycles. The average molecular weight is 742 g/mol. The minimum Gasteiger partial charge on any atom is -0.310 e. The molecule has 3 heteroatoms. The Morgan fingerprint density at radius 2 is 1.00 bits per heavy atom. The van der Waals surface area contributed by atoms with Crippen LogP contribution < -0.4 is 10.1 Å². The Labute approximate surface area is 329 Å². The number of fused-ring (bicyclic) bond motifs is 8. The summed E-state index contributed by atoms with van der Waals surface area (Å²) in [6.07, 6.45) is 0. The molecule has 0 saturated carbocycles. The number of benzene rings is 8. The number of thiophene rings is 1. The topological polar surface area (TPSA) is 3.24 Å². The van der Waals surface area contributed by atoms with Gasteiger partial charge in [0, 0.05) is 42.6 Å². The first kappa shape index (κ1) is 33.8. The molecule has 0 N–H and O–H groups in total. The van der Waals surface area contributed by atoms with Gasteiger partial charge in [0.2, 0.25) is 0 Å². The van der Waals surface area contributed by atoms with Gasteiger partial charge < -0.3 is 4.90 Å². The van der Waals surface area contributed by atoms with Gasteiger partial charge in [-0.1, -0.05) is 172 Å². The van der Waals surface area contributed by atoms with E-state index in [1.54, 1.807) is 0 Å². The van der Waals surface area contributed by atoms with Gasteiger partial charge in [-0.25, -0.2) is 0 Å². The van der Waals surface area contributed by atoms with Gasteiger partial charge in [0.1, 0.15) is 0 Å². The van der Waals surface area contributed by atoms with Crippen molar-refractivity contribution in [2.24, 2.45) is 0 Å². The lowest BCUT2D eigenvalue weighted by Gasteiger charge is -2.27. The van der Waals surface area contributed by atoms with Crippen molar-refractivity contribution >= 4 is 72.6 Å². The van der Waals surface area contributed by atoms with E-state index in [0.29, 0.717) is 0 Å². The largest absolute Gasteiger partial charge is 0.310 e. The van der Waals surface area contributed by atoms with Crippen LogP contribution in [0.4, 0.5) is 17.1 Å². The number of nitrogens with zero attached hydrogens (tertiary/aromatic N) is 1. The van der Waals surface area contributed by atoms with E-state index in [9.17, 15) is 0 Å². The Hall–Kier alpha value is -5.74. The molecule has 1 aliphatic carbocycles. The third kappa shape index (κ3) is 5.56. The number of anilines is 3. The van der Waals surface area contributed by atoms with Gasteiger partial charge in [-0.3, -0.25) is 0 Å². The second-order valence-electron chi connectivity index (χ2n) is 16.6. The van der Waals surface area contributed by atoms with Gasteiger partial charge in [-0.15, -0.1) is 11.3 Å². The first-order valence-corrected chi connectivity index (χ1v) is 23.7. The highest BCUT2D eigenvalue weighted by Gasteiger charge is 2.35. The molecule has 1 nitrogen and oxygen atoms in total. The second-order valence-corrected chi connectivity index (χ2v) is 22.7. The van der Waals surface area contributed by atoms with Gasteiger partial charge in [-0.05, 0) is 91.7 Å². The minimum absolute atomic E-state index is 0.0382. The van der Waals surface area contributed by atoms with Gasteiger partial charge in [0.15, 0.2) is 0 Å². The van der Waals surface area contributed by atoms with E-state index in [0.717, 1.165) is 17.1 Å². The molecule has 9 aromatic rings. The van der Waals surface area contributed by atoms with Crippen LogP contribution in [0.15, 0.2) is 170 Å². The maximum atomic E-state index is 2.42. The van der Waals surface area contributed by atoms with E-state index in [4.69, 9.17) is 0 Å². The molecular weight excluding hydrogens is 699 g/mol. The number of rotatable bonds is 6. The van der Waals surface area contributed by atoms with Crippen molar-refractivity contribution < 1.29 is 0 Å². The molecule has 55 heavy (non-hydrogen) atoms. The summed E-state index contributed by atoms with van der Waals surface area (Å²) in [6.45, 7) is 11.9. The third-order valence-electron chi connectivity index (χ3n) is 11.9. The van der Waals surface area contributed by atoms with E-state index < -0.39 is 8.07 Å². The van der Waals surface area contributed by atoms with Crippen LogP contribution in [0.1, 0.15) is 25.0 Å². The molecule has 0 atom stereocenters. The quantitative estimate of drug-likeness (QED) is 0.153. The molecule has 1 aliphatic rings. The van der Waals surface area contributed by atoms with Crippen LogP contribution >= 0.6 is 11.3 Å². The lowest BCUT2D eigenvalue weighted by molar-refractivity contribution is 0.660. The lowest BCUT2D eigenvalue weighted by atomic mass is 9.82. The maximum absolute atomic E-state index is 2.42. The van der Waals surface area contributed by atoms with Crippen molar-refractivity contribution in [2.75, 3.05) is 4.90 Å². The molecule has 0 saturated heterocycles. The highest BCUT2D eigenvalue weighted by Crippen LogP contribution is 2.51. The van der Waals surface area contributed by atoms with Gasteiger partial charge in [0.25, 0.3) is 0 Å². The normalized spacial score (nSPS) is 13.3. The van der Waals surface area contributed by atoms with Crippen LogP contribution in [-0.2, 0) is 5.41 Å². The summed E-state index contributed by atoms with van der Waals surface area (Å²) in [5, 5.41) is 6.76. The zero-order valence-corrected chi connectivity index (χ0v) is 33.8. The number of hydrogen-bond acceptors (Lipinski definition) is 2. The predicted molar refractivity (Wildman–Crippen MR) is 243 cm³/mol. The average Bonchev–Trinajstić information content (AvgIpc) is 3.71. The molecule has 0 bridgehead atoms. The second kappa shape index (κ2) is 12.7. The van der Waals surface area contributed by atoms with Crippen LogP contribution in [0.5, 0.6) is 0 Å². The van der Waals surface area contributed by atoms with Crippen LogP contribution in [0.25, 0.3) is 64.3 Å². The van der Waals surface area contributed by atoms with Crippen molar-refractivity contribution in [3.05, 3.63) is 181 Å². The third-order valence-corrected chi connectivity index (χ3v) is 15.2. The Balaban J connectivity index is 1.08. The summed E-state index contributed by atoms with van der Waals surface area (Å²) in [5.74, 6) is 0. The fourth-order valence-corrected chi connectivity index (χ4v) is 11.3.